The van der Waals surface area contributed by atoms with Crippen LogP contribution in [-0.2, 0) is 21.5 Å². The standard InChI is InChI=1S/C23H55O5Si6/c1-17-24-29(25-20-21(2)3)34(16)19-18-23(22(4,5)26-34,32(12,13)27-30(6,7)8)33(14,15)28-31(9,10)11/h2,17-20H2,1,3-16H3. The maximum atomic E-state index is 7.37. The molecule has 201 valence electrons. The van der Waals surface area contributed by atoms with Gasteiger partial charge in [-0.15, -0.1) is 0 Å². The minimum absolute atomic E-state index is 0.0897. The molecule has 1 rings (SSSR count). The normalized spacial score (nSPS) is 23.9. The van der Waals surface area contributed by atoms with Crippen molar-refractivity contribution in [3.05, 3.63) is 12.2 Å². The van der Waals surface area contributed by atoms with E-state index in [-0.39, 0.29) is 10.3 Å². The zero-order valence-electron chi connectivity index (χ0n) is 25.1. The highest BCUT2D eigenvalue weighted by molar-refractivity contribution is 7.25. The smallest absolute Gasteiger partial charge is 0.394 e. The third kappa shape index (κ3) is 7.45. The van der Waals surface area contributed by atoms with Crippen LogP contribution in [0.25, 0.3) is 0 Å². The second-order valence-electron chi connectivity index (χ2n) is 13.7. The first-order chi connectivity index (χ1) is 15.0. The van der Waals surface area contributed by atoms with Crippen LogP contribution in [0.3, 0.4) is 0 Å². The Labute approximate surface area is 218 Å². The SMILES string of the molecule is C=C(C)CO[Si](OCC)[Si]1(C)CCC([Si](C)(C)O[Si](C)(C)C)([Si](C)(C)O[Si](C)(C)C)C(C)(C)O1. The molecule has 1 saturated heterocycles. The maximum Gasteiger partial charge on any atom is 0.394 e. The van der Waals surface area contributed by atoms with E-state index in [1.54, 1.807) is 0 Å². The fourth-order valence-corrected chi connectivity index (χ4v) is 40.6. The lowest BCUT2D eigenvalue weighted by atomic mass is 10.0. The molecule has 1 fully saturated rings. The van der Waals surface area contributed by atoms with E-state index in [9.17, 15) is 0 Å². The number of rotatable bonds is 12. The Kier molecular flexibility index (Phi) is 10.5. The average Bonchev–Trinajstić information content (AvgIpc) is 2.52. The van der Waals surface area contributed by atoms with Crippen molar-refractivity contribution in [2.75, 3.05) is 13.2 Å². The lowest BCUT2D eigenvalue weighted by molar-refractivity contribution is 0.0386. The molecule has 34 heavy (non-hydrogen) atoms. The summed E-state index contributed by atoms with van der Waals surface area (Å²) in [5.74, 6) is 0. The highest BCUT2D eigenvalue weighted by atomic mass is 29.3. The molecule has 0 amide bonds. The average molecular weight is 580 g/mol. The van der Waals surface area contributed by atoms with E-state index in [1.807, 2.05) is 6.92 Å². The summed E-state index contributed by atoms with van der Waals surface area (Å²) in [4.78, 5) is 0. The molecular weight excluding hydrogens is 525 g/mol. The van der Waals surface area contributed by atoms with E-state index >= 15 is 0 Å². The van der Waals surface area contributed by atoms with Gasteiger partial charge in [-0.3, -0.25) is 0 Å². The molecule has 1 heterocycles. The third-order valence-electron chi connectivity index (χ3n) is 6.82. The lowest BCUT2D eigenvalue weighted by Gasteiger charge is -2.66. The Bertz CT molecular complexity index is 686. The summed E-state index contributed by atoms with van der Waals surface area (Å²) >= 11 is 0. The van der Waals surface area contributed by atoms with Gasteiger partial charge >= 0.3 is 8.80 Å². The second-order valence-corrected chi connectivity index (χ2v) is 40.7. The first kappa shape index (κ1) is 32.9. The van der Waals surface area contributed by atoms with E-state index in [4.69, 9.17) is 21.5 Å². The molecule has 11 heteroatoms. The maximum absolute atomic E-state index is 7.37. The van der Waals surface area contributed by atoms with Gasteiger partial charge in [-0.05, 0) is 112 Å². The molecule has 0 aromatic rings. The zero-order chi connectivity index (χ0) is 27.0. The monoisotopic (exact) mass is 579 g/mol. The van der Waals surface area contributed by atoms with Gasteiger partial charge in [-0.25, -0.2) is 0 Å². The van der Waals surface area contributed by atoms with Gasteiger partial charge in [-0.1, -0.05) is 12.2 Å². The molecule has 1 radical (unpaired) electrons. The van der Waals surface area contributed by atoms with Crippen LogP contribution >= 0.6 is 0 Å². The van der Waals surface area contributed by atoms with Crippen LogP contribution in [-0.4, -0.2) is 68.7 Å². The second kappa shape index (κ2) is 10.9. The van der Waals surface area contributed by atoms with E-state index in [2.05, 4.69) is 99.4 Å². The molecule has 0 spiro atoms. The lowest BCUT2D eigenvalue weighted by Crippen LogP contribution is -2.76. The molecule has 1 atom stereocenters. The molecule has 0 aliphatic carbocycles. The first-order valence-electron chi connectivity index (χ1n) is 12.8. The van der Waals surface area contributed by atoms with Crippen LogP contribution < -0.4 is 0 Å². The quantitative estimate of drug-likeness (QED) is 0.179. The predicted octanol–water partition coefficient (Wildman–Crippen LogP) is 7.35. The highest BCUT2D eigenvalue weighted by Gasteiger charge is 2.72. The predicted molar refractivity (Wildman–Crippen MR) is 161 cm³/mol. The Hall–Kier alpha value is 0.841. The van der Waals surface area contributed by atoms with Crippen LogP contribution in [0.4, 0.5) is 0 Å². The topological polar surface area (TPSA) is 46.2 Å². The van der Waals surface area contributed by atoms with Gasteiger partial charge in [0.15, 0.2) is 33.3 Å². The molecule has 5 nitrogen and oxygen atoms in total. The van der Waals surface area contributed by atoms with Crippen molar-refractivity contribution in [2.24, 2.45) is 0 Å². The van der Waals surface area contributed by atoms with Crippen LogP contribution in [0.1, 0.15) is 34.1 Å². The molecule has 0 aromatic carbocycles. The molecular formula is C23H55O5Si6. The van der Waals surface area contributed by atoms with E-state index in [1.165, 1.54) is 0 Å². The molecule has 1 aliphatic rings. The van der Waals surface area contributed by atoms with Crippen molar-refractivity contribution in [1.82, 2.24) is 0 Å². The van der Waals surface area contributed by atoms with Crippen molar-refractivity contribution in [3.63, 3.8) is 0 Å². The van der Waals surface area contributed by atoms with Crippen LogP contribution in [0, 0.1) is 0 Å². The van der Waals surface area contributed by atoms with Crippen LogP contribution in [0.5, 0.6) is 0 Å². The molecule has 0 N–H and O–H groups in total. The Morgan fingerprint density at radius 3 is 1.68 bits per heavy atom. The number of hydrogen-bond donors (Lipinski definition) is 0. The summed E-state index contributed by atoms with van der Waals surface area (Å²) in [5.41, 5.74) is 0.648. The Morgan fingerprint density at radius 2 is 1.35 bits per heavy atom. The largest absolute Gasteiger partial charge is 0.455 e. The summed E-state index contributed by atoms with van der Waals surface area (Å²) < 4.78 is 34.3. The fourth-order valence-electron chi connectivity index (χ4n) is 6.72. The van der Waals surface area contributed by atoms with Crippen molar-refractivity contribution < 1.29 is 21.5 Å². The molecule has 0 saturated carbocycles. The zero-order valence-corrected chi connectivity index (χ0v) is 31.1. The van der Waals surface area contributed by atoms with Crippen molar-refractivity contribution in [2.45, 2.75) is 122 Å². The van der Waals surface area contributed by atoms with Crippen molar-refractivity contribution in [1.29, 1.82) is 0 Å². The summed E-state index contributed by atoms with van der Waals surface area (Å²) in [6.45, 7) is 40.0. The minimum Gasteiger partial charge on any atom is -0.455 e. The Balaban J connectivity index is 3.63. The Morgan fingerprint density at radius 1 is 0.912 bits per heavy atom. The van der Waals surface area contributed by atoms with Crippen molar-refractivity contribution >= 4 is 49.9 Å². The van der Waals surface area contributed by atoms with Gasteiger partial charge in [0.1, 0.15) is 0 Å². The van der Waals surface area contributed by atoms with E-state index in [0.29, 0.717) is 13.2 Å². The first-order valence-corrected chi connectivity index (χ1v) is 30.4. The summed E-state index contributed by atoms with van der Waals surface area (Å²) in [7, 11) is -11.9. The molecule has 0 bridgehead atoms. The van der Waals surface area contributed by atoms with Gasteiger partial charge in [0.25, 0.3) is 0 Å². The van der Waals surface area contributed by atoms with Crippen LogP contribution in [0.15, 0.2) is 12.2 Å². The van der Waals surface area contributed by atoms with E-state index in [0.717, 1.165) is 18.0 Å². The van der Waals surface area contributed by atoms with Gasteiger partial charge in [0.2, 0.25) is 7.83 Å². The van der Waals surface area contributed by atoms with E-state index < -0.39 is 49.9 Å². The van der Waals surface area contributed by atoms with Gasteiger partial charge in [-0.2, -0.15) is 0 Å². The summed E-state index contributed by atoms with van der Waals surface area (Å²) in [6.07, 6.45) is 1.08. The van der Waals surface area contributed by atoms with Gasteiger partial charge < -0.3 is 21.5 Å². The third-order valence-corrected chi connectivity index (χ3v) is 33.7. The molecule has 1 aliphatic heterocycles. The highest BCUT2D eigenvalue weighted by Crippen LogP contribution is 2.64. The van der Waals surface area contributed by atoms with Crippen molar-refractivity contribution in [3.8, 4) is 0 Å². The fraction of sp³-hybridized carbons (Fsp3) is 0.913. The number of hydrogen-bond acceptors (Lipinski definition) is 5. The van der Waals surface area contributed by atoms with Crippen LogP contribution in [0.2, 0.25) is 82.7 Å². The molecule has 0 aromatic heterocycles. The minimum atomic E-state index is -2.28. The van der Waals surface area contributed by atoms with Gasteiger partial charge in [0, 0.05) is 11.3 Å². The summed E-state index contributed by atoms with van der Waals surface area (Å²) in [5, 5.41) is 0. The molecule has 1 unspecified atom stereocenters. The van der Waals surface area contributed by atoms with Gasteiger partial charge in [0.05, 0.1) is 12.2 Å². The summed E-state index contributed by atoms with van der Waals surface area (Å²) in [6, 6.07) is 1.03.